The summed E-state index contributed by atoms with van der Waals surface area (Å²) in [7, 11) is 1.66. The molecule has 0 bridgehead atoms. The molecule has 19 heavy (non-hydrogen) atoms. The number of nitrogens with one attached hydrogen (secondary N) is 1. The van der Waals surface area contributed by atoms with Gasteiger partial charge in [0.1, 0.15) is 11.8 Å². The van der Waals surface area contributed by atoms with Crippen molar-refractivity contribution in [3.63, 3.8) is 0 Å². The third-order valence-electron chi connectivity index (χ3n) is 3.93. The molecule has 2 N–H and O–H groups in total. The second kappa shape index (κ2) is 4.72. The molecule has 3 rings (SSSR count). The number of rotatable bonds is 2. The van der Waals surface area contributed by atoms with Crippen molar-refractivity contribution in [1.29, 1.82) is 0 Å². The van der Waals surface area contributed by atoms with Crippen LogP contribution in [0.1, 0.15) is 24.0 Å². The van der Waals surface area contributed by atoms with Crippen molar-refractivity contribution < 1.29 is 14.6 Å². The molecule has 102 valence electrons. The Kier molecular flexibility index (Phi) is 3.19. The fourth-order valence-electron chi connectivity index (χ4n) is 2.96. The molecule has 0 amide bonds. The van der Waals surface area contributed by atoms with Crippen molar-refractivity contribution >= 4 is 17.7 Å². The lowest BCUT2D eigenvalue weighted by atomic mass is 9.86. The van der Waals surface area contributed by atoms with Gasteiger partial charge in [-0.15, -0.1) is 11.8 Å². The number of fused-ring (bicyclic) bond motifs is 2. The van der Waals surface area contributed by atoms with E-state index in [1.165, 1.54) is 11.1 Å². The van der Waals surface area contributed by atoms with Crippen LogP contribution >= 0.6 is 11.8 Å². The molecular formula is C14H17NO3S. The number of thioether (sulfide) groups is 1. The second-order valence-corrected chi connectivity index (χ2v) is 6.37. The van der Waals surface area contributed by atoms with Gasteiger partial charge in [-0.3, -0.25) is 10.1 Å². The van der Waals surface area contributed by atoms with E-state index in [1.807, 2.05) is 6.07 Å². The molecule has 0 radical (unpaired) electrons. The quantitative estimate of drug-likeness (QED) is 0.867. The van der Waals surface area contributed by atoms with Crippen molar-refractivity contribution in [2.45, 2.75) is 30.2 Å². The Balaban J connectivity index is 2.00. The lowest BCUT2D eigenvalue weighted by molar-refractivity contribution is -0.138. The first-order valence-electron chi connectivity index (χ1n) is 6.46. The standard InChI is InChI=1S/C14H17NO3S/c1-18-10-5-4-9-3-2-6-14(11(9)7-10)15-12(8-19-14)13(16)17/h4-5,7,12,15H,2-3,6,8H2,1H3,(H,16,17)/t12-,14?/m0/s1. The minimum Gasteiger partial charge on any atom is -0.497 e. The van der Waals surface area contributed by atoms with E-state index in [1.54, 1.807) is 18.9 Å². The number of ether oxygens (including phenoxy) is 1. The number of carboxylic acid groups (broad SMARTS) is 1. The summed E-state index contributed by atoms with van der Waals surface area (Å²) in [4.78, 5) is 10.9. The molecule has 1 aromatic rings. The zero-order valence-corrected chi connectivity index (χ0v) is 11.6. The Hall–Kier alpha value is -1.20. The summed E-state index contributed by atoms with van der Waals surface area (Å²) in [5.74, 6) is 0.687. The zero-order chi connectivity index (χ0) is 13.5. The Bertz CT molecular complexity index is 519. The van der Waals surface area contributed by atoms with Crippen LogP contribution in [0.25, 0.3) is 0 Å². The number of aliphatic carboxylic acids is 1. The SMILES string of the molecule is COc1ccc2c(c1)C1(CCC2)N[C@H](C(=O)O)CS1. The molecule has 0 saturated carbocycles. The van der Waals surface area contributed by atoms with Gasteiger partial charge in [0.25, 0.3) is 0 Å². The predicted octanol–water partition coefficient (Wildman–Crippen LogP) is 1.97. The van der Waals surface area contributed by atoms with Crippen LogP contribution in [-0.2, 0) is 16.1 Å². The maximum absolute atomic E-state index is 11.2. The molecule has 4 nitrogen and oxygen atoms in total. The largest absolute Gasteiger partial charge is 0.497 e. The van der Waals surface area contributed by atoms with E-state index in [9.17, 15) is 9.90 Å². The third-order valence-corrected chi connectivity index (χ3v) is 5.46. The Morgan fingerprint density at radius 1 is 1.58 bits per heavy atom. The van der Waals surface area contributed by atoms with Crippen LogP contribution in [0.5, 0.6) is 5.75 Å². The highest BCUT2D eigenvalue weighted by Crippen LogP contribution is 2.48. The number of benzene rings is 1. The van der Waals surface area contributed by atoms with Crippen molar-refractivity contribution in [2.24, 2.45) is 0 Å². The Labute approximate surface area is 116 Å². The molecule has 1 spiro atoms. The number of carboxylic acids is 1. The minimum atomic E-state index is -0.764. The van der Waals surface area contributed by atoms with Crippen molar-refractivity contribution in [2.75, 3.05) is 12.9 Å². The van der Waals surface area contributed by atoms with E-state index in [0.717, 1.165) is 25.0 Å². The first-order chi connectivity index (χ1) is 9.14. The van der Waals surface area contributed by atoms with E-state index in [-0.39, 0.29) is 4.87 Å². The topological polar surface area (TPSA) is 58.6 Å². The maximum Gasteiger partial charge on any atom is 0.321 e. The van der Waals surface area contributed by atoms with Gasteiger partial charge in [0.2, 0.25) is 0 Å². The second-order valence-electron chi connectivity index (χ2n) is 5.05. The van der Waals surface area contributed by atoms with Crippen LogP contribution in [0.4, 0.5) is 0 Å². The van der Waals surface area contributed by atoms with Crippen molar-refractivity contribution in [1.82, 2.24) is 5.32 Å². The summed E-state index contributed by atoms with van der Waals surface area (Å²) >= 11 is 1.72. The van der Waals surface area contributed by atoms with Crippen LogP contribution in [0.2, 0.25) is 0 Å². The normalized spacial score (nSPS) is 29.2. The molecule has 1 fully saturated rings. The van der Waals surface area contributed by atoms with Gasteiger partial charge in [0, 0.05) is 5.75 Å². The molecule has 0 aromatic heterocycles. The summed E-state index contributed by atoms with van der Waals surface area (Å²) in [5, 5.41) is 12.5. The average molecular weight is 279 g/mol. The highest BCUT2D eigenvalue weighted by molar-refractivity contribution is 8.00. The molecule has 1 saturated heterocycles. The van der Waals surface area contributed by atoms with Gasteiger partial charge in [0.15, 0.2) is 0 Å². The first kappa shape index (κ1) is 12.8. The van der Waals surface area contributed by atoms with E-state index in [0.29, 0.717) is 5.75 Å². The highest BCUT2D eigenvalue weighted by Gasteiger charge is 2.45. The smallest absolute Gasteiger partial charge is 0.321 e. The van der Waals surface area contributed by atoms with Crippen LogP contribution in [-0.4, -0.2) is 30.0 Å². The van der Waals surface area contributed by atoms with E-state index in [4.69, 9.17) is 4.74 Å². The fraction of sp³-hybridized carbons (Fsp3) is 0.500. The molecule has 1 aromatic carbocycles. The lowest BCUT2D eigenvalue weighted by Gasteiger charge is -2.35. The molecule has 1 aliphatic heterocycles. The van der Waals surface area contributed by atoms with Gasteiger partial charge >= 0.3 is 5.97 Å². The van der Waals surface area contributed by atoms with E-state index >= 15 is 0 Å². The molecule has 1 heterocycles. The van der Waals surface area contributed by atoms with Gasteiger partial charge in [-0.25, -0.2) is 0 Å². The van der Waals surface area contributed by atoms with Gasteiger partial charge in [-0.2, -0.15) is 0 Å². The molecule has 2 atom stereocenters. The molecule has 1 aliphatic carbocycles. The molecule has 1 unspecified atom stereocenters. The van der Waals surface area contributed by atoms with Gasteiger partial charge in [0.05, 0.1) is 12.0 Å². The predicted molar refractivity (Wildman–Crippen MR) is 74.6 cm³/mol. The molecule has 5 heteroatoms. The van der Waals surface area contributed by atoms with Crippen molar-refractivity contribution in [3.8, 4) is 5.75 Å². The van der Waals surface area contributed by atoms with Crippen LogP contribution in [0, 0.1) is 0 Å². The lowest BCUT2D eigenvalue weighted by Crippen LogP contribution is -2.45. The number of aryl methyl sites for hydroxylation is 1. The number of hydrogen-bond donors (Lipinski definition) is 2. The summed E-state index contributed by atoms with van der Waals surface area (Å²) in [5.41, 5.74) is 2.50. The van der Waals surface area contributed by atoms with Gasteiger partial charge in [-0.05, 0) is 42.5 Å². The summed E-state index contributed by atoms with van der Waals surface area (Å²) in [6.07, 6.45) is 3.12. The monoisotopic (exact) mass is 279 g/mol. The Morgan fingerprint density at radius 2 is 2.42 bits per heavy atom. The summed E-state index contributed by atoms with van der Waals surface area (Å²) in [6, 6.07) is 5.68. The summed E-state index contributed by atoms with van der Waals surface area (Å²) in [6.45, 7) is 0. The number of methoxy groups -OCH3 is 1. The van der Waals surface area contributed by atoms with Gasteiger partial charge < -0.3 is 9.84 Å². The highest BCUT2D eigenvalue weighted by atomic mass is 32.2. The van der Waals surface area contributed by atoms with Gasteiger partial charge in [-0.1, -0.05) is 6.07 Å². The number of hydrogen-bond acceptors (Lipinski definition) is 4. The molecule has 2 aliphatic rings. The first-order valence-corrected chi connectivity index (χ1v) is 7.45. The fourth-order valence-corrected chi connectivity index (χ4v) is 4.50. The Morgan fingerprint density at radius 3 is 3.11 bits per heavy atom. The maximum atomic E-state index is 11.2. The number of carbonyl (C=O) groups is 1. The van der Waals surface area contributed by atoms with Crippen molar-refractivity contribution in [3.05, 3.63) is 29.3 Å². The molecular weight excluding hydrogens is 262 g/mol. The van der Waals surface area contributed by atoms with Crippen LogP contribution in [0.15, 0.2) is 18.2 Å². The van der Waals surface area contributed by atoms with Crippen LogP contribution in [0.3, 0.4) is 0 Å². The van der Waals surface area contributed by atoms with Crippen LogP contribution < -0.4 is 10.1 Å². The van der Waals surface area contributed by atoms with E-state index < -0.39 is 12.0 Å². The summed E-state index contributed by atoms with van der Waals surface area (Å²) < 4.78 is 5.30. The van der Waals surface area contributed by atoms with E-state index in [2.05, 4.69) is 17.4 Å². The average Bonchev–Trinajstić information content (AvgIpc) is 2.84. The third kappa shape index (κ3) is 2.11. The zero-order valence-electron chi connectivity index (χ0n) is 10.8. The minimum absolute atomic E-state index is 0.245.